The minimum Gasteiger partial charge on any atom is -0.338 e. The zero-order valence-corrected chi connectivity index (χ0v) is 19.5. The SMILES string of the molecule is Cc1nn(C)c2ccc(Nc3ncc(Br)c(Nc4ccccc4S(=O)(=O)C(F)(F)F)n3)cc12. The van der Waals surface area contributed by atoms with Crippen LogP contribution >= 0.6 is 15.9 Å². The van der Waals surface area contributed by atoms with Crippen molar-refractivity contribution >= 4 is 59.8 Å². The molecular formula is C20H16BrF3N6O2S. The maximum atomic E-state index is 13.1. The van der Waals surface area contributed by atoms with Gasteiger partial charge in [-0.05, 0) is 53.2 Å². The lowest BCUT2D eigenvalue weighted by molar-refractivity contribution is -0.0435. The van der Waals surface area contributed by atoms with Crippen LogP contribution in [-0.4, -0.2) is 33.7 Å². The first-order valence-electron chi connectivity index (χ1n) is 9.38. The van der Waals surface area contributed by atoms with Crippen molar-refractivity contribution in [3.63, 3.8) is 0 Å². The molecule has 13 heteroatoms. The standard InChI is InChI=1S/C20H16BrF3N6O2S/c1-11-13-9-12(7-8-16(13)30(2)29-11)26-19-25-10-14(21)18(28-19)27-15-5-3-4-6-17(15)33(31,32)20(22,23)24/h3-10H,1-2H3,(H2,25,26,27,28). The van der Waals surface area contributed by atoms with Crippen molar-refractivity contribution in [2.45, 2.75) is 17.3 Å². The summed E-state index contributed by atoms with van der Waals surface area (Å²) in [5.74, 6) is 0.230. The highest BCUT2D eigenvalue weighted by Crippen LogP contribution is 2.36. The first-order valence-corrected chi connectivity index (χ1v) is 11.7. The average molecular weight is 541 g/mol. The fraction of sp³-hybridized carbons (Fsp3) is 0.150. The molecule has 2 aromatic carbocycles. The molecule has 4 rings (SSSR count). The molecule has 2 heterocycles. The van der Waals surface area contributed by atoms with Crippen LogP contribution in [0.1, 0.15) is 5.69 Å². The number of anilines is 4. The van der Waals surface area contributed by atoms with E-state index in [2.05, 4.69) is 41.6 Å². The molecule has 0 saturated heterocycles. The summed E-state index contributed by atoms with van der Waals surface area (Å²) in [6.07, 6.45) is 1.40. The maximum absolute atomic E-state index is 13.1. The average Bonchev–Trinajstić information content (AvgIpc) is 3.03. The second kappa shape index (κ2) is 8.30. The number of fused-ring (bicyclic) bond motifs is 1. The minimum absolute atomic E-state index is 0.0796. The van der Waals surface area contributed by atoms with Crippen LogP contribution in [0.4, 0.5) is 36.3 Å². The van der Waals surface area contributed by atoms with Gasteiger partial charge in [-0.3, -0.25) is 4.68 Å². The predicted molar refractivity (Wildman–Crippen MR) is 121 cm³/mol. The number of aromatic nitrogens is 4. The zero-order valence-electron chi connectivity index (χ0n) is 17.1. The Kier molecular flexibility index (Phi) is 5.78. The van der Waals surface area contributed by atoms with E-state index in [1.54, 1.807) is 4.68 Å². The Morgan fingerprint density at radius 3 is 2.55 bits per heavy atom. The van der Waals surface area contributed by atoms with Gasteiger partial charge in [0.25, 0.3) is 9.84 Å². The van der Waals surface area contributed by atoms with Gasteiger partial charge in [-0.25, -0.2) is 13.4 Å². The Labute approximate surface area is 194 Å². The number of para-hydroxylation sites is 1. The van der Waals surface area contributed by atoms with Crippen LogP contribution in [0.3, 0.4) is 0 Å². The number of benzene rings is 2. The molecule has 0 bridgehead atoms. The molecule has 2 N–H and O–H groups in total. The lowest BCUT2D eigenvalue weighted by atomic mass is 10.2. The van der Waals surface area contributed by atoms with Crippen LogP contribution in [-0.2, 0) is 16.9 Å². The normalized spacial score (nSPS) is 12.2. The number of aryl methyl sites for hydroxylation is 2. The second-order valence-corrected chi connectivity index (χ2v) is 9.79. The van der Waals surface area contributed by atoms with Crippen molar-refractivity contribution in [2.24, 2.45) is 7.05 Å². The van der Waals surface area contributed by atoms with E-state index in [0.29, 0.717) is 10.2 Å². The van der Waals surface area contributed by atoms with Crippen LogP contribution in [0.25, 0.3) is 10.9 Å². The summed E-state index contributed by atoms with van der Waals surface area (Å²) < 4.78 is 65.3. The van der Waals surface area contributed by atoms with Gasteiger partial charge in [0.2, 0.25) is 5.95 Å². The predicted octanol–water partition coefficient (Wildman–Crippen LogP) is 5.21. The fourth-order valence-electron chi connectivity index (χ4n) is 3.22. The highest BCUT2D eigenvalue weighted by molar-refractivity contribution is 9.10. The van der Waals surface area contributed by atoms with Crippen molar-refractivity contribution in [2.75, 3.05) is 10.6 Å². The Morgan fingerprint density at radius 1 is 1.09 bits per heavy atom. The van der Waals surface area contributed by atoms with E-state index in [1.807, 2.05) is 32.2 Å². The van der Waals surface area contributed by atoms with Gasteiger partial charge in [0.15, 0.2) is 0 Å². The molecule has 0 aliphatic carbocycles. The summed E-state index contributed by atoms with van der Waals surface area (Å²) in [5.41, 5.74) is -3.25. The van der Waals surface area contributed by atoms with E-state index in [1.165, 1.54) is 24.4 Å². The van der Waals surface area contributed by atoms with Gasteiger partial charge in [0.1, 0.15) is 5.82 Å². The molecule has 8 nitrogen and oxygen atoms in total. The van der Waals surface area contributed by atoms with Gasteiger partial charge in [0.05, 0.1) is 26.3 Å². The summed E-state index contributed by atoms with van der Waals surface area (Å²) in [6.45, 7) is 1.89. The number of rotatable bonds is 5. The molecule has 0 amide bonds. The number of nitrogens with one attached hydrogen (secondary N) is 2. The smallest absolute Gasteiger partial charge is 0.338 e. The number of hydrogen-bond donors (Lipinski definition) is 2. The third-order valence-electron chi connectivity index (χ3n) is 4.77. The Bertz CT molecular complexity index is 1470. The van der Waals surface area contributed by atoms with E-state index in [4.69, 9.17) is 0 Å². The largest absolute Gasteiger partial charge is 0.501 e. The van der Waals surface area contributed by atoms with Crippen molar-refractivity contribution in [3.05, 3.63) is 58.8 Å². The fourth-order valence-corrected chi connectivity index (χ4v) is 4.42. The second-order valence-electron chi connectivity index (χ2n) is 7.03. The monoisotopic (exact) mass is 540 g/mol. The molecular weight excluding hydrogens is 525 g/mol. The summed E-state index contributed by atoms with van der Waals surface area (Å²) >= 11 is 3.23. The van der Waals surface area contributed by atoms with E-state index in [-0.39, 0.29) is 17.5 Å². The Balaban J connectivity index is 1.67. The topological polar surface area (TPSA) is 102 Å². The van der Waals surface area contributed by atoms with Gasteiger partial charge in [-0.15, -0.1) is 0 Å². The summed E-state index contributed by atoms with van der Waals surface area (Å²) in [6, 6.07) is 10.3. The van der Waals surface area contributed by atoms with Gasteiger partial charge in [-0.2, -0.15) is 23.3 Å². The Hall–Kier alpha value is -3.19. The van der Waals surface area contributed by atoms with E-state index >= 15 is 0 Å². The van der Waals surface area contributed by atoms with Crippen LogP contribution in [0.15, 0.2) is 58.0 Å². The molecule has 2 aromatic heterocycles. The molecule has 0 aliphatic rings. The molecule has 0 spiro atoms. The number of hydrogen-bond acceptors (Lipinski definition) is 7. The highest BCUT2D eigenvalue weighted by Gasteiger charge is 2.48. The van der Waals surface area contributed by atoms with E-state index < -0.39 is 20.2 Å². The summed E-state index contributed by atoms with van der Waals surface area (Å²) in [4.78, 5) is 7.54. The van der Waals surface area contributed by atoms with Crippen LogP contribution < -0.4 is 10.6 Å². The van der Waals surface area contributed by atoms with Gasteiger partial charge < -0.3 is 10.6 Å². The minimum atomic E-state index is -5.57. The molecule has 33 heavy (non-hydrogen) atoms. The third-order valence-corrected chi connectivity index (χ3v) is 6.89. The van der Waals surface area contributed by atoms with Gasteiger partial charge in [-0.1, -0.05) is 12.1 Å². The van der Waals surface area contributed by atoms with E-state index in [9.17, 15) is 21.6 Å². The van der Waals surface area contributed by atoms with Crippen molar-refractivity contribution in [1.29, 1.82) is 0 Å². The maximum Gasteiger partial charge on any atom is 0.501 e. The van der Waals surface area contributed by atoms with Gasteiger partial charge >= 0.3 is 5.51 Å². The van der Waals surface area contributed by atoms with Gasteiger partial charge in [0, 0.05) is 24.3 Å². The molecule has 0 radical (unpaired) electrons. The van der Waals surface area contributed by atoms with Crippen LogP contribution in [0.2, 0.25) is 0 Å². The quantitative estimate of drug-likeness (QED) is 0.358. The van der Waals surface area contributed by atoms with Crippen molar-refractivity contribution < 1.29 is 21.6 Å². The number of alkyl halides is 3. The molecule has 0 atom stereocenters. The van der Waals surface area contributed by atoms with Crippen LogP contribution in [0, 0.1) is 6.92 Å². The molecule has 172 valence electrons. The number of nitrogens with zero attached hydrogens (tertiary/aromatic N) is 4. The van der Waals surface area contributed by atoms with Crippen molar-refractivity contribution in [3.8, 4) is 0 Å². The molecule has 0 unspecified atom stereocenters. The molecule has 0 saturated carbocycles. The number of halogens is 4. The first-order chi connectivity index (χ1) is 15.5. The molecule has 0 fully saturated rings. The third kappa shape index (κ3) is 4.37. The summed E-state index contributed by atoms with van der Waals surface area (Å²) in [7, 11) is -3.72. The molecule has 0 aliphatic heterocycles. The lowest BCUT2D eigenvalue weighted by Gasteiger charge is -2.15. The lowest BCUT2D eigenvalue weighted by Crippen LogP contribution is -2.24. The first kappa shape index (κ1) is 23.0. The Morgan fingerprint density at radius 2 is 1.82 bits per heavy atom. The van der Waals surface area contributed by atoms with E-state index in [0.717, 1.165) is 22.7 Å². The molecule has 4 aromatic rings. The number of sulfone groups is 1. The van der Waals surface area contributed by atoms with Crippen LogP contribution in [0.5, 0.6) is 0 Å². The summed E-state index contributed by atoms with van der Waals surface area (Å²) in [5, 5.41) is 11.0. The van der Waals surface area contributed by atoms with Crippen molar-refractivity contribution in [1.82, 2.24) is 19.7 Å². The zero-order chi connectivity index (χ0) is 24.0. The highest BCUT2D eigenvalue weighted by atomic mass is 79.9.